The van der Waals surface area contributed by atoms with E-state index in [0.29, 0.717) is 0 Å². The fraction of sp³-hybridized carbons (Fsp3) is 0.562. The van der Waals surface area contributed by atoms with E-state index in [1.807, 2.05) is 5.32 Å². The molecule has 0 heterocycles. The van der Waals surface area contributed by atoms with Crippen LogP contribution in [0.25, 0.3) is 0 Å². The van der Waals surface area contributed by atoms with Crippen LogP contribution in [-0.4, -0.2) is 93.1 Å². The number of carboxylic acids is 3. The number of aliphatic hydroxyl groups is 1. The number of Topliss-reactive ketones (excluding diaryl/α,β-unsaturated/α-hetero) is 1. The number of aliphatic imine (C=N–C) groups is 2. The van der Waals surface area contributed by atoms with Gasteiger partial charge in [0.15, 0.2) is 5.60 Å². The predicted molar refractivity (Wildman–Crippen MR) is 96.9 cm³/mol. The Morgan fingerprint density at radius 3 is 1.97 bits per heavy atom. The van der Waals surface area contributed by atoms with Crippen LogP contribution in [0, 0.1) is 0 Å². The molecule has 0 bridgehead atoms. The maximum absolute atomic E-state index is 11.8. The minimum absolute atomic E-state index is 0.315. The fourth-order valence-electron chi connectivity index (χ4n) is 1.91. The molecular formula is C16H22N4O11-2. The first kappa shape index (κ1) is 27.4. The highest BCUT2D eigenvalue weighted by Gasteiger charge is 2.38. The smallest absolute Gasteiger partial charge is 0.372 e. The van der Waals surface area contributed by atoms with Gasteiger partial charge in [-0.1, -0.05) is 0 Å². The first-order chi connectivity index (χ1) is 14.3. The lowest BCUT2D eigenvalue weighted by Gasteiger charge is -2.25. The van der Waals surface area contributed by atoms with Crippen LogP contribution >= 0.6 is 0 Å². The number of hydrogen-bond donors (Lipinski definition) is 6. The minimum atomic E-state index is -2.82. The van der Waals surface area contributed by atoms with Gasteiger partial charge in [0, 0.05) is 19.4 Å². The van der Waals surface area contributed by atoms with E-state index >= 15 is 0 Å². The third-order valence-electron chi connectivity index (χ3n) is 3.61. The summed E-state index contributed by atoms with van der Waals surface area (Å²) in [7, 11) is 0. The van der Waals surface area contributed by atoms with Crippen LogP contribution in [0.5, 0.6) is 0 Å². The molecule has 0 rings (SSSR count). The molecule has 0 spiro atoms. The number of carboxylic acid groups (broad SMARTS) is 3. The van der Waals surface area contributed by atoms with Crippen molar-refractivity contribution in [2.75, 3.05) is 19.6 Å². The van der Waals surface area contributed by atoms with E-state index in [2.05, 4.69) is 9.98 Å². The lowest BCUT2D eigenvalue weighted by atomic mass is 9.95. The second kappa shape index (κ2) is 12.9. The quantitative estimate of drug-likeness (QED) is 0.0597. The zero-order valence-corrected chi connectivity index (χ0v) is 16.1. The topological polar surface area (TPSA) is 275 Å². The summed E-state index contributed by atoms with van der Waals surface area (Å²) in [4.78, 5) is 61.5. The van der Waals surface area contributed by atoms with Crippen LogP contribution in [0.1, 0.15) is 25.7 Å². The number of hydrogen-bond acceptors (Lipinski definition) is 11. The van der Waals surface area contributed by atoms with Crippen LogP contribution in [0.3, 0.4) is 0 Å². The average Bonchev–Trinajstić information content (AvgIpc) is 2.66. The summed E-state index contributed by atoms with van der Waals surface area (Å²) in [6.07, 6.45) is -3.14. The van der Waals surface area contributed by atoms with Gasteiger partial charge in [0.1, 0.15) is 6.04 Å². The van der Waals surface area contributed by atoms with Crippen molar-refractivity contribution in [3.63, 3.8) is 0 Å². The maximum Gasteiger partial charge on any atom is 0.372 e. The Bertz CT molecular complexity index is 765. The van der Waals surface area contributed by atoms with Gasteiger partial charge in [0.2, 0.25) is 11.7 Å². The number of nitrogens with two attached hydrogens (primary N) is 1. The van der Waals surface area contributed by atoms with E-state index in [-0.39, 0.29) is 13.1 Å². The van der Waals surface area contributed by atoms with E-state index in [1.54, 1.807) is 0 Å². The SMILES string of the molecule is NC(CNC(=O)CC(O)(CC([O-])=NCCN=C([O-])CCC(=O)C(=O)O)C(=O)O)C(=O)O. The van der Waals surface area contributed by atoms with E-state index in [1.165, 1.54) is 0 Å². The molecular weight excluding hydrogens is 424 g/mol. The van der Waals surface area contributed by atoms with Crippen molar-refractivity contribution in [3.05, 3.63) is 0 Å². The number of nitrogens with zero attached hydrogens (tertiary/aromatic N) is 2. The zero-order valence-electron chi connectivity index (χ0n) is 16.1. The van der Waals surface area contributed by atoms with Crippen molar-refractivity contribution in [1.29, 1.82) is 0 Å². The highest BCUT2D eigenvalue weighted by atomic mass is 16.4. The van der Waals surface area contributed by atoms with Crippen LogP contribution in [-0.2, 0) is 24.0 Å². The van der Waals surface area contributed by atoms with Crippen LogP contribution in [0.2, 0.25) is 0 Å². The van der Waals surface area contributed by atoms with Gasteiger partial charge >= 0.3 is 17.9 Å². The zero-order chi connectivity index (χ0) is 24.2. The molecule has 0 saturated heterocycles. The van der Waals surface area contributed by atoms with Gasteiger partial charge in [0.25, 0.3) is 0 Å². The number of rotatable bonds is 15. The normalized spacial score (nSPS) is 14.9. The molecule has 15 heteroatoms. The Labute approximate surface area is 174 Å². The number of aliphatic carboxylic acids is 3. The van der Waals surface area contributed by atoms with Crippen molar-refractivity contribution in [1.82, 2.24) is 5.32 Å². The number of carbonyl (C=O) groups excluding carboxylic acids is 2. The third kappa shape index (κ3) is 11.2. The predicted octanol–water partition coefficient (Wildman–Crippen LogP) is -4.94. The van der Waals surface area contributed by atoms with Gasteiger partial charge < -0.3 is 51.7 Å². The van der Waals surface area contributed by atoms with Gasteiger partial charge in [-0.25, -0.2) is 9.59 Å². The van der Waals surface area contributed by atoms with Gasteiger partial charge in [-0.3, -0.25) is 14.4 Å². The average molecular weight is 446 g/mol. The second-order valence-corrected chi connectivity index (χ2v) is 6.22. The largest absolute Gasteiger partial charge is 0.862 e. The van der Waals surface area contributed by atoms with Crippen molar-refractivity contribution in [2.24, 2.45) is 15.7 Å². The van der Waals surface area contributed by atoms with E-state index in [9.17, 15) is 39.3 Å². The molecule has 0 aliphatic rings. The molecule has 2 atom stereocenters. The number of carbonyl (C=O) groups is 5. The standard InChI is InChI=1S/C16H24N4O11/c17-8(13(25)26)7-20-12(24)6-16(31,15(29)30)5-11(23)19-4-3-18-10(22)2-1-9(21)14(27)28/h8,31H,1-7,17H2,(H,18,22)(H,19,23)(H,20,24)(H,25,26)(H,27,28)(H,29,30)/p-2. The Hall–Kier alpha value is -3.59. The van der Waals surface area contributed by atoms with Gasteiger partial charge in [0.05, 0.1) is 19.5 Å². The van der Waals surface area contributed by atoms with Crippen LogP contribution in [0.4, 0.5) is 0 Å². The highest BCUT2D eigenvalue weighted by Crippen LogP contribution is 2.16. The summed E-state index contributed by atoms with van der Waals surface area (Å²) >= 11 is 0. The molecule has 0 aliphatic carbocycles. The molecule has 15 nitrogen and oxygen atoms in total. The molecule has 0 aromatic carbocycles. The third-order valence-corrected chi connectivity index (χ3v) is 3.61. The summed E-state index contributed by atoms with van der Waals surface area (Å²) in [6, 6.07) is -1.45. The van der Waals surface area contributed by atoms with Gasteiger partial charge in [-0.15, -0.1) is 0 Å². The lowest BCUT2D eigenvalue weighted by Crippen LogP contribution is -2.49. The van der Waals surface area contributed by atoms with Gasteiger partial charge in [-0.05, 0) is 18.2 Å². The Morgan fingerprint density at radius 2 is 1.48 bits per heavy atom. The molecule has 0 radical (unpaired) electrons. The summed E-state index contributed by atoms with van der Waals surface area (Å²) in [5, 5.41) is 61.3. The molecule has 0 saturated carbocycles. The van der Waals surface area contributed by atoms with Crippen molar-refractivity contribution >= 4 is 41.4 Å². The molecule has 0 aromatic rings. The fourth-order valence-corrected chi connectivity index (χ4v) is 1.91. The monoisotopic (exact) mass is 446 g/mol. The molecule has 0 fully saturated rings. The molecule has 174 valence electrons. The van der Waals surface area contributed by atoms with E-state index < -0.39 is 85.3 Å². The van der Waals surface area contributed by atoms with Crippen LogP contribution < -0.4 is 21.3 Å². The maximum atomic E-state index is 11.8. The van der Waals surface area contributed by atoms with Crippen molar-refractivity contribution in [2.45, 2.75) is 37.3 Å². The van der Waals surface area contributed by atoms with Gasteiger partial charge in [-0.2, -0.15) is 0 Å². The first-order valence-electron chi connectivity index (χ1n) is 8.66. The van der Waals surface area contributed by atoms with Crippen molar-refractivity contribution in [3.8, 4) is 0 Å². The lowest BCUT2D eigenvalue weighted by molar-refractivity contribution is -0.224. The summed E-state index contributed by atoms with van der Waals surface area (Å²) < 4.78 is 0. The summed E-state index contributed by atoms with van der Waals surface area (Å²) in [5.74, 6) is -9.12. The molecule has 0 aliphatic heterocycles. The first-order valence-corrected chi connectivity index (χ1v) is 8.66. The molecule has 7 N–H and O–H groups in total. The minimum Gasteiger partial charge on any atom is -0.862 e. The number of nitrogens with one attached hydrogen (secondary N) is 1. The Kier molecular flexibility index (Phi) is 11.4. The van der Waals surface area contributed by atoms with Crippen molar-refractivity contribution < 1.29 is 54.6 Å². The number of amides is 1. The van der Waals surface area contributed by atoms with Crippen LogP contribution in [0.15, 0.2) is 9.98 Å². The molecule has 2 unspecified atom stereocenters. The Balaban J connectivity index is 4.71. The molecule has 0 aromatic heterocycles. The molecule has 1 amide bonds. The highest BCUT2D eigenvalue weighted by molar-refractivity contribution is 6.32. The van der Waals surface area contributed by atoms with E-state index in [0.717, 1.165) is 0 Å². The number of ketones is 1. The molecule has 31 heavy (non-hydrogen) atoms. The van der Waals surface area contributed by atoms with E-state index in [4.69, 9.17) is 21.1 Å². The summed E-state index contributed by atoms with van der Waals surface area (Å²) in [6.45, 7) is -1.21. The summed E-state index contributed by atoms with van der Waals surface area (Å²) in [5.41, 5.74) is 2.35. The second-order valence-electron chi connectivity index (χ2n) is 6.22. The Morgan fingerprint density at radius 1 is 0.935 bits per heavy atom.